The minimum absolute atomic E-state index is 0.0777. The van der Waals surface area contributed by atoms with E-state index in [-0.39, 0.29) is 16.5 Å². The molecule has 4 aromatic rings. The summed E-state index contributed by atoms with van der Waals surface area (Å²) in [6, 6.07) is 20.8. The van der Waals surface area contributed by atoms with E-state index in [4.69, 9.17) is 9.47 Å². The number of para-hydroxylation sites is 4. The Bertz CT molecular complexity index is 1360. The van der Waals surface area contributed by atoms with Crippen molar-refractivity contribution in [3.05, 3.63) is 72.8 Å². The number of hydrogen-bond acceptors (Lipinski definition) is 7. The summed E-state index contributed by atoms with van der Waals surface area (Å²) in [6.45, 7) is 4.74. The van der Waals surface area contributed by atoms with Crippen LogP contribution in [0.4, 0.5) is 17.3 Å². The molecule has 170 valence electrons. The lowest BCUT2D eigenvalue weighted by atomic mass is 10.3. The third kappa shape index (κ3) is 5.15. The summed E-state index contributed by atoms with van der Waals surface area (Å²) >= 11 is 0. The Labute approximate surface area is 192 Å². The van der Waals surface area contributed by atoms with Crippen LogP contribution in [0.25, 0.3) is 11.0 Å². The maximum Gasteiger partial charge on any atom is 0.263 e. The van der Waals surface area contributed by atoms with E-state index in [9.17, 15) is 8.42 Å². The number of ether oxygens (including phenoxy) is 2. The Kier molecular flexibility index (Phi) is 6.60. The standard InChI is InChI=1S/C24H24N4O4S/c1-3-31-17-13-15-18(16-14-17)33(29,30)28-24-23(25-19-9-5-6-10-20(19)26-24)27-21-11-7-8-12-22(21)32-4-2/h5-16H,3-4H2,1-2H3,(H,25,27)(H,26,28). The molecule has 0 unspecified atom stereocenters. The SMILES string of the molecule is CCOc1ccc(S(=O)(=O)Nc2nc3ccccc3nc2Nc2ccccc2OCC)cc1. The third-order valence-corrected chi connectivity index (χ3v) is 6.04. The number of hydrogen-bond donors (Lipinski definition) is 2. The average Bonchev–Trinajstić information content (AvgIpc) is 2.81. The van der Waals surface area contributed by atoms with Gasteiger partial charge >= 0.3 is 0 Å². The van der Waals surface area contributed by atoms with Crippen LogP contribution in [0.5, 0.6) is 11.5 Å². The molecule has 0 aliphatic carbocycles. The Morgan fingerprint density at radius 2 is 1.36 bits per heavy atom. The maximum atomic E-state index is 13.1. The molecule has 0 spiro atoms. The van der Waals surface area contributed by atoms with Crippen LogP contribution in [0.15, 0.2) is 77.7 Å². The molecule has 3 aromatic carbocycles. The first-order valence-corrected chi connectivity index (χ1v) is 12.0. The van der Waals surface area contributed by atoms with Crippen LogP contribution in [0, 0.1) is 0 Å². The van der Waals surface area contributed by atoms with Crippen molar-refractivity contribution in [3.63, 3.8) is 0 Å². The zero-order chi connectivity index (χ0) is 23.3. The number of rotatable bonds is 9. The van der Waals surface area contributed by atoms with E-state index in [0.717, 1.165) is 0 Å². The molecule has 0 fully saturated rings. The Balaban J connectivity index is 1.73. The van der Waals surface area contributed by atoms with E-state index < -0.39 is 10.0 Å². The van der Waals surface area contributed by atoms with Gasteiger partial charge in [-0.25, -0.2) is 18.4 Å². The fourth-order valence-electron chi connectivity index (χ4n) is 3.21. The minimum atomic E-state index is -3.93. The van der Waals surface area contributed by atoms with Crippen molar-refractivity contribution in [1.29, 1.82) is 0 Å². The minimum Gasteiger partial charge on any atom is -0.494 e. The van der Waals surface area contributed by atoms with Gasteiger partial charge in [-0.15, -0.1) is 0 Å². The van der Waals surface area contributed by atoms with Crippen molar-refractivity contribution in [2.45, 2.75) is 18.7 Å². The molecule has 4 rings (SSSR count). The zero-order valence-corrected chi connectivity index (χ0v) is 19.1. The Morgan fingerprint density at radius 1 is 0.758 bits per heavy atom. The molecule has 0 bridgehead atoms. The molecular weight excluding hydrogens is 440 g/mol. The first-order valence-electron chi connectivity index (χ1n) is 10.5. The van der Waals surface area contributed by atoms with Gasteiger partial charge in [-0.3, -0.25) is 4.72 Å². The maximum absolute atomic E-state index is 13.1. The van der Waals surface area contributed by atoms with Crippen LogP contribution in [0.3, 0.4) is 0 Å². The molecule has 0 saturated carbocycles. The Hall–Kier alpha value is -3.85. The highest BCUT2D eigenvalue weighted by atomic mass is 32.2. The first-order chi connectivity index (χ1) is 16.0. The molecule has 0 amide bonds. The second-order valence-corrected chi connectivity index (χ2v) is 8.66. The lowest BCUT2D eigenvalue weighted by Crippen LogP contribution is -2.16. The van der Waals surface area contributed by atoms with Crippen molar-refractivity contribution in [2.24, 2.45) is 0 Å². The number of aromatic nitrogens is 2. The lowest BCUT2D eigenvalue weighted by Gasteiger charge is -2.16. The molecule has 8 nitrogen and oxygen atoms in total. The summed E-state index contributed by atoms with van der Waals surface area (Å²) in [5.41, 5.74) is 1.83. The Morgan fingerprint density at radius 3 is 2.03 bits per heavy atom. The molecule has 2 N–H and O–H groups in total. The van der Waals surface area contributed by atoms with E-state index >= 15 is 0 Å². The first kappa shape index (κ1) is 22.3. The van der Waals surface area contributed by atoms with E-state index in [0.29, 0.717) is 41.4 Å². The van der Waals surface area contributed by atoms with Gasteiger partial charge in [-0.1, -0.05) is 24.3 Å². The molecule has 0 atom stereocenters. The number of sulfonamides is 1. The largest absolute Gasteiger partial charge is 0.494 e. The summed E-state index contributed by atoms with van der Waals surface area (Å²) in [5, 5.41) is 3.17. The number of nitrogens with zero attached hydrogens (tertiary/aromatic N) is 2. The molecular formula is C24H24N4O4S. The highest BCUT2D eigenvalue weighted by Gasteiger charge is 2.20. The zero-order valence-electron chi connectivity index (χ0n) is 18.3. The third-order valence-electron chi connectivity index (χ3n) is 4.69. The van der Waals surface area contributed by atoms with Gasteiger partial charge in [-0.2, -0.15) is 0 Å². The topological polar surface area (TPSA) is 102 Å². The van der Waals surface area contributed by atoms with Gasteiger partial charge < -0.3 is 14.8 Å². The normalized spacial score (nSPS) is 11.2. The summed E-state index contributed by atoms with van der Waals surface area (Å²) in [7, 11) is -3.93. The van der Waals surface area contributed by atoms with Crippen LogP contribution in [0.2, 0.25) is 0 Å². The van der Waals surface area contributed by atoms with Crippen molar-refractivity contribution >= 4 is 38.4 Å². The van der Waals surface area contributed by atoms with E-state index in [1.165, 1.54) is 12.1 Å². The van der Waals surface area contributed by atoms with Crippen molar-refractivity contribution in [2.75, 3.05) is 23.3 Å². The molecule has 0 radical (unpaired) electrons. The van der Waals surface area contributed by atoms with Crippen LogP contribution < -0.4 is 19.5 Å². The molecule has 0 saturated heterocycles. The van der Waals surface area contributed by atoms with Gasteiger partial charge in [0.05, 0.1) is 34.8 Å². The van der Waals surface area contributed by atoms with Gasteiger partial charge in [-0.05, 0) is 62.4 Å². The predicted molar refractivity (Wildman–Crippen MR) is 129 cm³/mol. The van der Waals surface area contributed by atoms with Gasteiger partial charge in [0.2, 0.25) is 0 Å². The lowest BCUT2D eigenvalue weighted by molar-refractivity contribution is 0.340. The smallest absolute Gasteiger partial charge is 0.263 e. The van der Waals surface area contributed by atoms with Gasteiger partial charge in [0.1, 0.15) is 11.5 Å². The predicted octanol–water partition coefficient (Wildman–Crippen LogP) is 4.97. The highest BCUT2D eigenvalue weighted by Crippen LogP contribution is 2.31. The molecule has 0 aliphatic heterocycles. The number of fused-ring (bicyclic) bond motifs is 1. The molecule has 1 heterocycles. The molecule has 0 aliphatic rings. The monoisotopic (exact) mass is 464 g/mol. The van der Waals surface area contributed by atoms with Crippen LogP contribution in [0.1, 0.15) is 13.8 Å². The van der Waals surface area contributed by atoms with Crippen molar-refractivity contribution < 1.29 is 17.9 Å². The summed E-state index contributed by atoms with van der Waals surface area (Å²) in [5.74, 6) is 1.55. The fraction of sp³-hybridized carbons (Fsp3) is 0.167. The van der Waals surface area contributed by atoms with E-state index in [2.05, 4.69) is 20.0 Å². The van der Waals surface area contributed by atoms with Crippen LogP contribution in [-0.2, 0) is 10.0 Å². The number of anilines is 3. The average molecular weight is 465 g/mol. The summed E-state index contributed by atoms with van der Waals surface area (Å²) < 4.78 is 39.9. The van der Waals surface area contributed by atoms with Crippen LogP contribution >= 0.6 is 0 Å². The van der Waals surface area contributed by atoms with Gasteiger partial charge in [0.25, 0.3) is 10.0 Å². The van der Waals surface area contributed by atoms with E-state index in [1.807, 2.05) is 56.3 Å². The van der Waals surface area contributed by atoms with Crippen molar-refractivity contribution in [1.82, 2.24) is 9.97 Å². The fourth-order valence-corrected chi connectivity index (χ4v) is 4.21. The van der Waals surface area contributed by atoms with Gasteiger partial charge in [0.15, 0.2) is 11.6 Å². The summed E-state index contributed by atoms with van der Waals surface area (Å²) in [4.78, 5) is 9.22. The second kappa shape index (κ2) is 9.74. The number of benzene rings is 3. The molecule has 9 heteroatoms. The summed E-state index contributed by atoms with van der Waals surface area (Å²) in [6.07, 6.45) is 0. The van der Waals surface area contributed by atoms with E-state index in [1.54, 1.807) is 18.2 Å². The highest BCUT2D eigenvalue weighted by molar-refractivity contribution is 7.92. The quantitative estimate of drug-likeness (QED) is 0.360. The second-order valence-electron chi connectivity index (χ2n) is 6.97. The van der Waals surface area contributed by atoms with Crippen molar-refractivity contribution in [3.8, 4) is 11.5 Å². The number of nitrogens with one attached hydrogen (secondary N) is 2. The molecule has 33 heavy (non-hydrogen) atoms. The van der Waals surface area contributed by atoms with Crippen LogP contribution in [-0.4, -0.2) is 31.6 Å². The molecule has 1 aromatic heterocycles. The van der Waals surface area contributed by atoms with Gasteiger partial charge in [0, 0.05) is 0 Å².